The molecule has 4 nitrogen and oxygen atoms in total. The summed E-state index contributed by atoms with van der Waals surface area (Å²) in [6.45, 7) is 11.4. The number of benzene rings is 1. The van der Waals surface area contributed by atoms with Crippen molar-refractivity contribution in [1.29, 1.82) is 0 Å². The molecule has 1 saturated carbocycles. The molecule has 1 aromatic heterocycles. The van der Waals surface area contributed by atoms with Gasteiger partial charge in [0.2, 0.25) is 0 Å². The maximum Gasteiger partial charge on any atom is 0.119 e. The predicted molar refractivity (Wildman–Crippen MR) is 135 cm³/mol. The number of aryl methyl sites for hydroxylation is 1. The van der Waals surface area contributed by atoms with Crippen molar-refractivity contribution in [2.75, 3.05) is 19.7 Å². The summed E-state index contributed by atoms with van der Waals surface area (Å²) in [4.78, 5) is 7.00. The minimum absolute atomic E-state index is 0.630. The van der Waals surface area contributed by atoms with Crippen molar-refractivity contribution in [1.82, 2.24) is 14.5 Å². The first-order chi connectivity index (χ1) is 15.7. The van der Waals surface area contributed by atoms with Crippen LogP contribution in [0.1, 0.15) is 77.0 Å². The molecule has 176 valence electrons. The molecule has 0 aliphatic heterocycles. The summed E-state index contributed by atoms with van der Waals surface area (Å²) in [5.41, 5.74) is 1.13. The number of rotatable bonds is 13. The van der Waals surface area contributed by atoms with Crippen LogP contribution >= 0.6 is 0 Å². The molecule has 2 unspecified atom stereocenters. The highest BCUT2D eigenvalue weighted by Gasteiger charge is 2.25. The molecule has 0 saturated heterocycles. The number of imidazole rings is 1. The third kappa shape index (κ3) is 7.51. The van der Waals surface area contributed by atoms with Gasteiger partial charge in [0.25, 0.3) is 0 Å². The van der Waals surface area contributed by atoms with Crippen molar-refractivity contribution in [2.24, 2.45) is 5.92 Å². The molecular formula is C28H43N3O. The summed E-state index contributed by atoms with van der Waals surface area (Å²) >= 11 is 0. The van der Waals surface area contributed by atoms with Gasteiger partial charge >= 0.3 is 0 Å². The standard InChI is InChI=1S/C28H43N3O/c1-4-6-7-8-11-20-30(19-5-2)27-13-10-9-12-25(22-27)23-32-28-16-14-26(15-17-28)31-21-18-29-24(31)3/h5,14-18,21,25,27H,2,4,6-13,19-20,22-23H2,1,3H3. The summed E-state index contributed by atoms with van der Waals surface area (Å²) in [5, 5.41) is 0. The van der Waals surface area contributed by atoms with E-state index < -0.39 is 0 Å². The maximum absolute atomic E-state index is 6.25. The molecule has 2 aromatic rings. The van der Waals surface area contributed by atoms with E-state index in [1.54, 1.807) is 0 Å². The fraction of sp³-hybridized carbons (Fsp3) is 0.607. The summed E-state index contributed by atoms with van der Waals surface area (Å²) in [5.74, 6) is 2.59. The highest BCUT2D eigenvalue weighted by atomic mass is 16.5. The molecule has 0 bridgehead atoms. The van der Waals surface area contributed by atoms with Gasteiger partial charge in [-0.25, -0.2) is 4.98 Å². The van der Waals surface area contributed by atoms with Crippen molar-refractivity contribution >= 4 is 0 Å². The van der Waals surface area contributed by atoms with Crippen LogP contribution < -0.4 is 4.74 Å². The van der Waals surface area contributed by atoms with E-state index in [1.165, 1.54) is 70.8 Å². The Hall–Kier alpha value is -2.07. The summed E-state index contributed by atoms with van der Waals surface area (Å²) < 4.78 is 8.35. The second kappa shape index (κ2) is 13.5. The smallest absolute Gasteiger partial charge is 0.119 e. The first-order valence-corrected chi connectivity index (χ1v) is 12.8. The van der Waals surface area contributed by atoms with Gasteiger partial charge in [-0.1, -0.05) is 51.5 Å². The van der Waals surface area contributed by atoms with Gasteiger partial charge in [0.05, 0.1) is 6.61 Å². The van der Waals surface area contributed by atoms with Crippen LogP contribution in [0.2, 0.25) is 0 Å². The van der Waals surface area contributed by atoms with Gasteiger partial charge in [-0.3, -0.25) is 4.90 Å². The molecule has 0 N–H and O–H groups in total. The molecule has 1 fully saturated rings. The largest absolute Gasteiger partial charge is 0.493 e. The van der Waals surface area contributed by atoms with E-state index in [9.17, 15) is 0 Å². The topological polar surface area (TPSA) is 30.3 Å². The molecule has 0 amide bonds. The zero-order valence-electron chi connectivity index (χ0n) is 20.3. The monoisotopic (exact) mass is 437 g/mol. The fourth-order valence-corrected chi connectivity index (χ4v) is 4.99. The van der Waals surface area contributed by atoms with E-state index in [0.717, 1.165) is 30.4 Å². The van der Waals surface area contributed by atoms with Crippen molar-refractivity contribution in [3.63, 3.8) is 0 Å². The van der Waals surface area contributed by atoms with Crippen LogP contribution in [0.5, 0.6) is 5.75 Å². The Bertz CT molecular complexity index is 782. The third-order valence-electron chi connectivity index (χ3n) is 6.86. The summed E-state index contributed by atoms with van der Waals surface area (Å²) in [6.07, 6.45) is 19.1. The molecule has 0 radical (unpaired) electrons. The van der Waals surface area contributed by atoms with Gasteiger partial charge in [-0.05, 0) is 69.3 Å². The SMILES string of the molecule is C=CCN(CCCCCCC)C1CCCCC(COc2ccc(-n3ccnc3C)cc2)C1. The first kappa shape index (κ1) is 24.6. The van der Waals surface area contributed by atoms with Gasteiger partial charge in [0, 0.05) is 30.7 Å². The van der Waals surface area contributed by atoms with E-state index in [1.807, 2.05) is 19.3 Å². The van der Waals surface area contributed by atoms with Crippen LogP contribution in [0.15, 0.2) is 49.3 Å². The lowest BCUT2D eigenvalue weighted by Crippen LogP contribution is -2.37. The van der Waals surface area contributed by atoms with E-state index >= 15 is 0 Å². The normalized spacial score (nSPS) is 19.1. The number of hydrogen-bond donors (Lipinski definition) is 0. The Morgan fingerprint density at radius 1 is 1.12 bits per heavy atom. The highest BCUT2D eigenvalue weighted by molar-refractivity contribution is 5.38. The lowest BCUT2D eigenvalue weighted by atomic mass is 9.97. The van der Waals surface area contributed by atoms with E-state index in [0.29, 0.717) is 12.0 Å². The average molecular weight is 438 g/mol. The molecule has 32 heavy (non-hydrogen) atoms. The van der Waals surface area contributed by atoms with Gasteiger partial charge in [0.15, 0.2) is 0 Å². The number of unbranched alkanes of at least 4 members (excludes halogenated alkanes) is 4. The lowest BCUT2D eigenvalue weighted by molar-refractivity contribution is 0.156. The molecule has 1 aromatic carbocycles. The molecule has 1 aliphatic rings. The molecule has 0 spiro atoms. The predicted octanol–water partition coefficient (Wildman–Crippen LogP) is 6.97. The van der Waals surface area contributed by atoms with Crippen LogP contribution in [0.3, 0.4) is 0 Å². The third-order valence-corrected chi connectivity index (χ3v) is 6.86. The van der Waals surface area contributed by atoms with Crippen LogP contribution in [0.4, 0.5) is 0 Å². The van der Waals surface area contributed by atoms with E-state index in [-0.39, 0.29) is 0 Å². The number of aromatic nitrogens is 2. The second-order valence-corrected chi connectivity index (χ2v) is 9.39. The van der Waals surface area contributed by atoms with E-state index in [2.05, 4.69) is 58.3 Å². The lowest BCUT2D eigenvalue weighted by Gasteiger charge is -2.32. The minimum atomic E-state index is 0.630. The zero-order valence-corrected chi connectivity index (χ0v) is 20.3. The zero-order chi connectivity index (χ0) is 22.6. The number of nitrogens with zero attached hydrogens (tertiary/aromatic N) is 3. The molecule has 4 heteroatoms. The van der Waals surface area contributed by atoms with Crippen LogP contribution in [-0.4, -0.2) is 40.2 Å². The Morgan fingerprint density at radius 3 is 2.62 bits per heavy atom. The number of ether oxygens (including phenoxy) is 1. The summed E-state index contributed by atoms with van der Waals surface area (Å²) in [7, 11) is 0. The van der Waals surface area contributed by atoms with Gasteiger partial charge < -0.3 is 9.30 Å². The van der Waals surface area contributed by atoms with Gasteiger partial charge in [-0.15, -0.1) is 6.58 Å². The van der Waals surface area contributed by atoms with Crippen molar-refractivity contribution in [2.45, 2.75) is 84.1 Å². The van der Waals surface area contributed by atoms with Gasteiger partial charge in [0.1, 0.15) is 11.6 Å². The highest BCUT2D eigenvalue weighted by Crippen LogP contribution is 2.28. The van der Waals surface area contributed by atoms with Crippen LogP contribution in [-0.2, 0) is 0 Å². The van der Waals surface area contributed by atoms with Gasteiger partial charge in [-0.2, -0.15) is 0 Å². The molecule has 1 heterocycles. The van der Waals surface area contributed by atoms with Crippen LogP contribution in [0.25, 0.3) is 5.69 Å². The molecule has 3 rings (SSSR count). The first-order valence-electron chi connectivity index (χ1n) is 12.8. The molecule has 2 atom stereocenters. The van der Waals surface area contributed by atoms with Crippen molar-refractivity contribution in [3.8, 4) is 11.4 Å². The van der Waals surface area contributed by atoms with Crippen LogP contribution in [0, 0.1) is 12.8 Å². The number of hydrogen-bond acceptors (Lipinski definition) is 3. The minimum Gasteiger partial charge on any atom is -0.493 e. The fourth-order valence-electron chi connectivity index (χ4n) is 4.99. The molecule has 1 aliphatic carbocycles. The van der Waals surface area contributed by atoms with E-state index in [4.69, 9.17) is 4.74 Å². The second-order valence-electron chi connectivity index (χ2n) is 9.39. The Balaban J connectivity index is 1.51. The Morgan fingerprint density at radius 2 is 1.91 bits per heavy atom. The Labute approximate surface area is 195 Å². The summed E-state index contributed by atoms with van der Waals surface area (Å²) in [6, 6.07) is 9.07. The Kier molecular flexibility index (Phi) is 10.3. The van der Waals surface area contributed by atoms with Crippen molar-refractivity contribution in [3.05, 3.63) is 55.1 Å². The van der Waals surface area contributed by atoms with Crippen molar-refractivity contribution < 1.29 is 4.74 Å². The molecular weight excluding hydrogens is 394 g/mol. The maximum atomic E-state index is 6.25. The average Bonchev–Trinajstić information content (AvgIpc) is 3.10. The quantitative estimate of drug-likeness (QED) is 0.193.